The number of rotatable bonds is 6. The van der Waals surface area contributed by atoms with E-state index in [4.69, 9.17) is 18.9 Å². The largest absolute Gasteiger partial charge is 0.497 e. The van der Waals surface area contributed by atoms with Gasteiger partial charge in [-0.1, -0.05) is 6.07 Å². The van der Waals surface area contributed by atoms with Crippen molar-refractivity contribution in [2.24, 2.45) is 0 Å². The van der Waals surface area contributed by atoms with Crippen LogP contribution in [0.2, 0.25) is 0 Å². The first-order valence-corrected chi connectivity index (χ1v) is 7.67. The van der Waals surface area contributed by atoms with Gasteiger partial charge in [-0.25, -0.2) is 0 Å². The number of ether oxygens (including phenoxy) is 4. The number of hydrogen-bond acceptors (Lipinski definition) is 4. The first-order valence-electron chi connectivity index (χ1n) is 7.67. The van der Waals surface area contributed by atoms with Crippen LogP contribution in [0.25, 0.3) is 11.1 Å². The number of methoxy groups -OCH3 is 4. The summed E-state index contributed by atoms with van der Waals surface area (Å²) in [6.07, 6.45) is 0. The minimum atomic E-state index is 0.713. The second kappa shape index (κ2) is 7.77. The molecule has 4 nitrogen and oxygen atoms in total. The van der Waals surface area contributed by atoms with Gasteiger partial charge in [0.2, 0.25) is 0 Å². The summed E-state index contributed by atoms with van der Waals surface area (Å²) in [4.78, 5) is 0. The van der Waals surface area contributed by atoms with E-state index < -0.39 is 0 Å². The van der Waals surface area contributed by atoms with Crippen LogP contribution >= 0.6 is 0 Å². The van der Waals surface area contributed by atoms with Crippen LogP contribution < -0.4 is 18.9 Å². The Bertz CT molecular complexity index is 725. The lowest BCUT2D eigenvalue weighted by Gasteiger charge is -2.14. The van der Waals surface area contributed by atoms with Crippen molar-refractivity contribution in [1.29, 1.82) is 0 Å². The molecule has 24 heavy (non-hydrogen) atoms. The third-order valence-electron chi connectivity index (χ3n) is 4.16. The lowest BCUT2D eigenvalue weighted by molar-refractivity contribution is 0.355. The van der Waals surface area contributed by atoms with Gasteiger partial charge in [-0.2, -0.15) is 0 Å². The molecule has 0 radical (unpaired) electrons. The summed E-state index contributed by atoms with van der Waals surface area (Å²) in [5.41, 5.74) is 4.41. The fourth-order valence-corrected chi connectivity index (χ4v) is 2.53. The van der Waals surface area contributed by atoms with Crippen molar-refractivity contribution in [3.05, 3.63) is 47.5 Å². The van der Waals surface area contributed by atoms with E-state index in [9.17, 15) is 0 Å². The molecule has 0 bridgehead atoms. The zero-order valence-corrected chi connectivity index (χ0v) is 15.1. The Labute approximate surface area is 143 Å². The summed E-state index contributed by atoms with van der Waals surface area (Å²) in [6.45, 7) is 4.17. The molecule has 0 aliphatic carbocycles. The number of hydrogen-bond donors (Lipinski definition) is 0. The number of allylic oxidation sites excluding steroid dienone is 2. The summed E-state index contributed by atoms with van der Waals surface area (Å²) in [5, 5.41) is 0. The van der Waals surface area contributed by atoms with Gasteiger partial charge >= 0.3 is 0 Å². The van der Waals surface area contributed by atoms with Crippen molar-refractivity contribution >= 4 is 11.1 Å². The maximum absolute atomic E-state index is 5.40. The molecule has 0 fully saturated rings. The second-order valence-electron chi connectivity index (χ2n) is 5.42. The van der Waals surface area contributed by atoms with Crippen molar-refractivity contribution in [2.45, 2.75) is 13.8 Å². The summed E-state index contributed by atoms with van der Waals surface area (Å²) in [6, 6.07) is 11.8. The molecule has 0 spiro atoms. The molecule has 0 saturated carbocycles. The molecule has 128 valence electrons. The highest BCUT2D eigenvalue weighted by Gasteiger charge is 2.10. The van der Waals surface area contributed by atoms with E-state index in [0.717, 1.165) is 39.5 Å². The fraction of sp³-hybridized carbons (Fsp3) is 0.300. The standard InChI is InChI=1S/C20H24O4/c1-13(15-7-8-19(23-5)20(11-15)24-6)14(2)16-9-17(21-3)12-18(10-16)22-4/h7-12H,1-6H3. The van der Waals surface area contributed by atoms with Crippen LogP contribution in [0.3, 0.4) is 0 Å². The van der Waals surface area contributed by atoms with Crippen LogP contribution in [0, 0.1) is 0 Å². The van der Waals surface area contributed by atoms with Gasteiger partial charge in [-0.05, 0) is 60.4 Å². The van der Waals surface area contributed by atoms with E-state index in [0.29, 0.717) is 5.75 Å². The van der Waals surface area contributed by atoms with Crippen molar-refractivity contribution < 1.29 is 18.9 Å². The molecule has 2 aromatic rings. The first-order chi connectivity index (χ1) is 11.5. The highest BCUT2D eigenvalue weighted by molar-refractivity contribution is 5.89. The summed E-state index contributed by atoms with van der Waals surface area (Å²) < 4.78 is 21.4. The van der Waals surface area contributed by atoms with Crippen molar-refractivity contribution in [3.8, 4) is 23.0 Å². The highest BCUT2D eigenvalue weighted by atomic mass is 16.5. The quantitative estimate of drug-likeness (QED) is 0.722. The monoisotopic (exact) mass is 328 g/mol. The van der Waals surface area contributed by atoms with Gasteiger partial charge in [0.1, 0.15) is 11.5 Å². The van der Waals surface area contributed by atoms with E-state index in [-0.39, 0.29) is 0 Å². The Hall–Kier alpha value is -2.62. The van der Waals surface area contributed by atoms with E-state index in [1.807, 2.05) is 36.4 Å². The predicted octanol–water partition coefficient (Wildman–Crippen LogP) is 4.67. The first kappa shape index (κ1) is 17.7. The summed E-state index contributed by atoms with van der Waals surface area (Å²) >= 11 is 0. The van der Waals surface area contributed by atoms with Crippen LogP contribution in [0.4, 0.5) is 0 Å². The summed E-state index contributed by atoms with van der Waals surface area (Å²) in [5.74, 6) is 2.97. The molecular formula is C20H24O4. The average Bonchev–Trinajstić information content (AvgIpc) is 2.65. The Morgan fingerprint density at radius 1 is 0.583 bits per heavy atom. The average molecular weight is 328 g/mol. The molecule has 0 heterocycles. The fourth-order valence-electron chi connectivity index (χ4n) is 2.53. The normalized spacial score (nSPS) is 11.6. The molecule has 0 atom stereocenters. The zero-order valence-electron chi connectivity index (χ0n) is 15.1. The van der Waals surface area contributed by atoms with Gasteiger partial charge in [0.15, 0.2) is 11.5 Å². The minimum Gasteiger partial charge on any atom is -0.497 e. The molecule has 2 rings (SSSR count). The molecule has 0 aromatic heterocycles. The topological polar surface area (TPSA) is 36.9 Å². The van der Waals surface area contributed by atoms with Crippen LogP contribution in [-0.4, -0.2) is 28.4 Å². The smallest absolute Gasteiger partial charge is 0.161 e. The van der Waals surface area contributed by atoms with Crippen LogP contribution in [0.1, 0.15) is 25.0 Å². The molecule has 0 N–H and O–H groups in total. The minimum absolute atomic E-state index is 0.713. The van der Waals surface area contributed by atoms with Crippen molar-refractivity contribution in [3.63, 3.8) is 0 Å². The SMILES string of the molecule is COc1cc(OC)cc(C(C)=C(C)c2ccc(OC)c(OC)c2)c1. The van der Waals surface area contributed by atoms with E-state index in [1.165, 1.54) is 0 Å². The Morgan fingerprint density at radius 3 is 1.62 bits per heavy atom. The maximum Gasteiger partial charge on any atom is 0.161 e. The van der Waals surface area contributed by atoms with Gasteiger partial charge in [-0.3, -0.25) is 0 Å². The van der Waals surface area contributed by atoms with Gasteiger partial charge in [-0.15, -0.1) is 0 Å². The van der Waals surface area contributed by atoms with Gasteiger partial charge < -0.3 is 18.9 Å². The zero-order chi connectivity index (χ0) is 17.7. The third-order valence-corrected chi connectivity index (χ3v) is 4.16. The van der Waals surface area contributed by atoms with Crippen LogP contribution in [-0.2, 0) is 0 Å². The Kier molecular flexibility index (Phi) is 5.74. The van der Waals surface area contributed by atoms with Crippen LogP contribution in [0.15, 0.2) is 36.4 Å². The lowest BCUT2D eigenvalue weighted by Crippen LogP contribution is -1.94. The third kappa shape index (κ3) is 3.65. The van der Waals surface area contributed by atoms with Crippen molar-refractivity contribution in [2.75, 3.05) is 28.4 Å². The lowest BCUT2D eigenvalue weighted by atomic mass is 9.96. The summed E-state index contributed by atoms with van der Waals surface area (Å²) in [7, 11) is 6.58. The number of benzene rings is 2. The second-order valence-corrected chi connectivity index (χ2v) is 5.42. The molecule has 0 amide bonds. The highest BCUT2D eigenvalue weighted by Crippen LogP contribution is 2.35. The molecule has 4 heteroatoms. The van der Waals surface area contributed by atoms with Gasteiger partial charge in [0.25, 0.3) is 0 Å². The van der Waals surface area contributed by atoms with E-state index in [1.54, 1.807) is 28.4 Å². The van der Waals surface area contributed by atoms with Crippen LogP contribution in [0.5, 0.6) is 23.0 Å². The Morgan fingerprint density at radius 2 is 1.12 bits per heavy atom. The Balaban J connectivity index is 2.51. The van der Waals surface area contributed by atoms with E-state index >= 15 is 0 Å². The predicted molar refractivity (Wildman–Crippen MR) is 97.3 cm³/mol. The van der Waals surface area contributed by atoms with Crippen molar-refractivity contribution in [1.82, 2.24) is 0 Å². The molecule has 2 aromatic carbocycles. The molecular weight excluding hydrogens is 304 g/mol. The molecule has 0 saturated heterocycles. The van der Waals surface area contributed by atoms with E-state index in [2.05, 4.69) is 13.8 Å². The van der Waals surface area contributed by atoms with Gasteiger partial charge in [0.05, 0.1) is 28.4 Å². The molecule has 0 aliphatic heterocycles. The van der Waals surface area contributed by atoms with Gasteiger partial charge in [0, 0.05) is 6.07 Å². The molecule has 0 aliphatic rings. The maximum atomic E-state index is 5.40. The molecule has 0 unspecified atom stereocenters.